The quantitative estimate of drug-likeness (QED) is 0.640. The average Bonchev–Trinajstić information content (AvgIpc) is 2.68. The van der Waals surface area contributed by atoms with Crippen LogP contribution >= 0.6 is 0 Å². The fraction of sp³-hybridized carbons (Fsp3) is 0.611. The molecule has 0 spiro atoms. The molecule has 1 aromatic rings. The van der Waals surface area contributed by atoms with E-state index < -0.39 is 22.1 Å². The van der Waals surface area contributed by atoms with Crippen molar-refractivity contribution in [1.29, 1.82) is 0 Å². The summed E-state index contributed by atoms with van der Waals surface area (Å²) in [5.74, 6) is -0.469. The van der Waals surface area contributed by atoms with E-state index in [4.69, 9.17) is 9.57 Å². The predicted octanol–water partition coefficient (Wildman–Crippen LogP) is 3.31. The summed E-state index contributed by atoms with van der Waals surface area (Å²) in [6.45, 7) is 1.58. The zero-order valence-corrected chi connectivity index (χ0v) is 16.5. The number of alkyl halides is 3. The normalized spacial score (nSPS) is 21.6. The second kappa shape index (κ2) is 9.31. The molecule has 0 aromatic heterocycles. The summed E-state index contributed by atoms with van der Waals surface area (Å²) in [5.41, 5.74) is 0.779. The fourth-order valence-electron chi connectivity index (χ4n) is 3.19. The van der Waals surface area contributed by atoms with Gasteiger partial charge in [-0.15, -0.1) is 13.2 Å². The highest BCUT2D eigenvalue weighted by Crippen LogP contribution is 2.26. The van der Waals surface area contributed by atoms with Crippen molar-refractivity contribution in [3.63, 3.8) is 0 Å². The van der Waals surface area contributed by atoms with E-state index in [0.29, 0.717) is 19.4 Å². The van der Waals surface area contributed by atoms with Crippen LogP contribution in [0.5, 0.6) is 5.75 Å². The molecule has 11 heteroatoms. The molecule has 2 aliphatic rings. The standard InChI is InChI=1S/C18H23F3N2O5S/c19-18(20,21)28-15-4-6-17(7-5-15)29(24,25)23-10-8-14(9-11-23)22-27-13-16-3-1-2-12-26-16/h4-7,16H,1-3,8-13H2. The minimum atomic E-state index is -4.83. The Kier molecular flexibility index (Phi) is 7.01. The molecule has 1 unspecified atom stereocenters. The third kappa shape index (κ3) is 6.31. The Morgan fingerprint density at radius 1 is 1.14 bits per heavy atom. The fourth-order valence-corrected chi connectivity index (χ4v) is 4.63. The van der Waals surface area contributed by atoms with Gasteiger partial charge in [0.2, 0.25) is 10.0 Å². The van der Waals surface area contributed by atoms with Gasteiger partial charge in [-0.3, -0.25) is 0 Å². The van der Waals surface area contributed by atoms with Crippen LogP contribution < -0.4 is 4.74 Å². The number of sulfonamides is 1. The van der Waals surface area contributed by atoms with Gasteiger partial charge in [-0.05, 0) is 43.5 Å². The summed E-state index contributed by atoms with van der Waals surface area (Å²) < 4.78 is 72.6. The maximum Gasteiger partial charge on any atom is 0.573 e. The van der Waals surface area contributed by atoms with E-state index in [0.717, 1.165) is 55.8 Å². The minimum Gasteiger partial charge on any atom is -0.406 e. The second-order valence-electron chi connectivity index (χ2n) is 6.87. The average molecular weight is 436 g/mol. The van der Waals surface area contributed by atoms with Crippen molar-refractivity contribution in [3.8, 4) is 5.75 Å². The molecule has 2 aliphatic heterocycles. The van der Waals surface area contributed by atoms with Crippen molar-refractivity contribution in [2.24, 2.45) is 5.16 Å². The van der Waals surface area contributed by atoms with Crippen molar-refractivity contribution in [2.45, 2.75) is 49.5 Å². The lowest BCUT2D eigenvalue weighted by molar-refractivity contribution is -0.274. The van der Waals surface area contributed by atoms with Crippen molar-refractivity contribution < 1.29 is 35.9 Å². The van der Waals surface area contributed by atoms with E-state index in [1.165, 1.54) is 4.31 Å². The summed E-state index contributed by atoms with van der Waals surface area (Å²) in [7, 11) is -3.80. The first kappa shape index (κ1) is 21.8. The Labute approximate surface area is 167 Å². The van der Waals surface area contributed by atoms with E-state index in [9.17, 15) is 21.6 Å². The zero-order chi connectivity index (χ0) is 20.9. The summed E-state index contributed by atoms with van der Waals surface area (Å²) in [6, 6.07) is 4.18. The molecule has 0 amide bonds. The predicted molar refractivity (Wildman–Crippen MR) is 98.1 cm³/mol. The maximum absolute atomic E-state index is 12.7. The molecule has 3 rings (SSSR count). The van der Waals surface area contributed by atoms with Gasteiger partial charge in [0.1, 0.15) is 12.4 Å². The lowest BCUT2D eigenvalue weighted by atomic mass is 10.1. The van der Waals surface area contributed by atoms with Gasteiger partial charge in [0.05, 0.1) is 16.7 Å². The first-order chi connectivity index (χ1) is 13.7. The number of benzene rings is 1. The van der Waals surface area contributed by atoms with Gasteiger partial charge in [0, 0.05) is 32.5 Å². The first-order valence-corrected chi connectivity index (χ1v) is 10.8. The van der Waals surface area contributed by atoms with Crippen LogP contribution in [0.1, 0.15) is 32.1 Å². The van der Waals surface area contributed by atoms with Crippen molar-refractivity contribution in [1.82, 2.24) is 4.31 Å². The Balaban J connectivity index is 1.51. The van der Waals surface area contributed by atoms with Gasteiger partial charge in [-0.1, -0.05) is 5.16 Å². The molecule has 1 aromatic carbocycles. The van der Waals surface area contributed by atoms with Crippen LogP contribution in [0.25, 0.3) is 0 Å². The first-order valence-electron chi connectivity index (χ1n) is 9.39. The van der Waals surface area contributed by atoms with Crippen LogP contribution in [-0.4, -0.2) is 57.2 Å². The van der Waals surface area contributed by atoms with Crippen LogP contribution in [0, 0.1) is 0 Å². The lowest BCUT2D eigenvalue weighted by Crippen LogP contribution is -2.38. The number of hydrogen-bond acceptors (Lipinski definition) is 6. The van der Waals surface area contributed by atoms with Gasteiger partial charge in [0.25, 0.3) is 0 Å². The van der Waals surface area contributed by atoms with Crippen LogP contribution in [0.2, 0.25) is 0 Å². The molecule has 0 bridgehead atoms. The summed E-state index contributed by atoms with van der Waals surface area (Å²) in [5, 5.41) is 4.10. The molecule has 0 radical (unpaired) electrons. The Hall–Kier alpha value is -1.85. The second-order valence-corrected chi connectivity index (χ2v) is 8.80. The van der Waals surface area contributed by atoms with Gasteiger partial charge in [-0.2, -0.15) is 4.31 Å². The van der Waals surface area contributed by atoms with Gasteiger partial charge in [0.15, 0.2) is 0 Å². The molecular formula is C18H23F3N2O5S. The number of oxime groups is 1. The number of rotatable bonds is 6. The Morgan fingerprint density at radius 3 is 2.41 bits per heavy atom. The molecule has 1 atom stereocenters. The summed E-state index contributed by atoms with van der Waals surface area (Å²) in [6.07, 6.45) is -0.788. The van der Waals surface area contributed by atoms with Crippen molar-refractivity contribution in [3.05, 3.63) is 24.3 Å². The van der Waals surface area contributed by atoms with E-state index in [-0.39, 0.29) is 24.1 Å². The largest absolute Gasteiger partial charge is 0.573 e. The smallest absolute Gasteiger partial charge is 0.406 e. The van der Waals surface area contributed by atoms with Gasteiger partial charge >= 0.3 is 6.36 Å². The highest BCUT2D eigenvalue weighted by molar-refractivity contribution is 7.89. The lowest BCUT2D eigenvalue weighted by Gasteiger charge is -2.27. The zero-order valence-electron chi connectivity index (χ0n) is 15.7. The summed E-state index contributed by atoms with van der Waals surface area (Å²) in [4.78, 5) is 5.28. The molecule has 2 heterocycles. The molecule has 7 nitrogen and oxygen atoms in total. The molecule has 162 valence electrons. The van der Waals surface area contributed by atoms with Crippen molar-refractivity contribution in [2.75, 3.05) is 26.3 Å². The van der Waals surface area contributed by atoms with E-state index in [1.54, 1.807) is 0 Å². The molecule has 29 heavy (non-hydrogen) atoms. The van der Waals surface area contributed by atoms with Gasteiger partial charge in [-0.25, -0.2) is 8.42 Å². The maximum atomic E-state index is 12.7. The molecule has 0 saturated carbocycles. The molecule has 2 saturated heterocycles. The van der Waals surface area contributed by atoms with Gasteiger partial charge < -0.3 is 14.3 Å². The number of halogens is 3. The third-order valence-electron chi connectivity index (χ3n) is 4.72. The Morgan fingerprint density at radius 2 is 1.83 bits per heavy atom. The topological polar surface area (TPSA) is 77.4 Å². The SMILES string of the molecule is O=S(=O)(c1ccc(OC(F)(F)F)cc1)N1CCC(=NOCC2CCCCO2)CC1. The minimum absolute atomic E-state index is 0.0536. The molecule has 2 fully saturated rings. The van der Waals surface area contributed by atoms with Crippen LogP contribution in [-0.2, 0) is 19.6 Å². The number of piperidine rings is 1. The Bertz CT molecular complexity index is 796. The van der Waals surface area contributed by atoms with E-state index in [1.807, 2.05) is 0 Å². The number of ether oxygens (including phenoxy) is 2. The van der Waals surface area contributed by atoms with E-state index >= 15 is 0 Å². The van der Waals surface area contributed by atoms with Crippen molar-refractivity contribution >= 4 is 15.7 Å². The van der Waals surface area contributed by atoms with Crippen LogP contribution in [0.3, 0.4) is 0 Å². The highest BCUT2D eigenvalue weighted by atomic mass is 32.2. The molecule has 0 N–H and O–H groups in total. The van der Waals surface area contributed by atoms with Crippen LogP contribution in [0.15, 0.2) is 34.3 Å². The monoisotopic (exact) mass is 436 g/mol. The number of nitrogens with zero attached hydrogens (tertiary/aromatic N) is 2. The number of hydrogen-bond donors (Lipinski definition) is 0. The highest BCUT2D eigenvalue weighted by Gasteiger charge is 2.32. The third-order valence-corrected chi connectivity index (χ3v) is 6.64. The van der Waals surface area contributed by atoms with E-state index in [2.05, 4.69) is 9.89 Å². The summed E-state index contributed by atoms with van der Waals surface area (Å²) >= 11 is 0. The molecular weight excluding hydrogens is 413 g/mol. The molecule has 0 aliphatic carbocycles. The van der Waals surface area contributed by atoms with Crippen LogP contribution in [0.4, 0.5) is 13.2 Å².